The smallest absolute Gasteiger partial charge is 0.338 e. The second-order valence-corrected chi connectivity index (χ2v) is 9.83. The molecule has 206 valence electrons. The number of carbonyl (C=O) groups excluding carboxylic acids is 1. The highest BCUT2D eigenvalue weighted by Crippen LogP contribution is 2.34. The molecule has 0 saturated heterocycles. The van der Waals surface area contributed by atoms with Gasteiger partial charge in [0.05, 0.1) is 44.9 Å². The Morgan fingerprint density at radius 1 is 1.02 bits per heavy atom. The van der Waals surface area contributed by atoms with Crippen molar-refractivity contribution in [3.05, 3.63) is 135 Å². The van der Waals surface area contributed by atoms with E-state index in [1.807, 2.05) is 30.3 Å². The molecule has 1 unspecified atom stereocenters. The Balaban J connectivity index is 1.51. The van der Waals surface area contributed by atoms with E-state index in [0.717, 1.165) is 17.7 Å². The first-order valence-electron chi connectivity index (χ1n) is 12.0. The van der Waals surface area contributed by atoms with Crippen molar-refractivity contribution in [2.45, 2.75) is 13.0 Å². The highest BCUT2D eigenvalue weighted by Gasteiger charge is 2.33. The summed E-state index contributed by atoms with van der Waals surface area (Å²) < 4.78 is 12.5. The molecule has 2 heterocycles. The SMILES string of the molecule is COC(=O)C1=C(C)N=c2sc(=Cc3ccc(Oc4ccc([N+](=O)[O-])cc4[N+](=O)[O-])cc3)c(=O)n2C1c1ccccc1. The van der Waals surface area contributed by atoms with Crippen molar-refractivity contribution < 1.29 is 24.1 Å². The van der Waals surface area contributed by atoms with Crippen LogP contribution in [0.3, 0.4) is 0 Å². The van der Waals surface area contributed by atoms with Gasteiger partial charge in [0, 0.05) is 6.07 Å². The number of allylic oxidation sites excluding steroid dienone is 1. The average molecular weight is 573 g/mol. The van der Waals surface area contributed by atoms with Crippen molar-refractivity contribution in [1.82, 2.24) is 4.57 Å². The maximum Gasteiger partial charge on any atom is 0.338 e. The molecule has 3 aromatic carbocycles. The number of thiazole rings is 1. The molecule has 0 bridgehead atoms. The van der Waals surface area contributed by atoms with E-state index in [4.69, 9.17) is 9.47 Å². The quantitative estimate of drug-likeness (QED) is 0.183. The zero-order valence-corrected chi connectivity index (χ0v) is 22.4. The van der Waals surface area contributed by atoms with Gasteiger partial charge >= 0.3 is 11.7 Å². The standard InChI is InChI=1S/C28H20N4O8S/c1-16-24(27(34)39-2)25(18-6-4-3-5-7-18)30-26(33)23(41-28(30)29-16)14-17-8-11-20(12-9-17)40-22-13-10-19(31(35)36)15-21(22)32(37)38/h3-15,25H,1-2H3. The number of rotatable bonds is 7. The molecule has 12 nitrogen and oxygen atoms in total. The van der Waals surface area contributed by atoms with Gasteiger partial charge in [0.1, 0.15) is 5.75 Å². The summed E-state index contributed by atoms with van der Waals surface area (Å²) in [4.78, 5) is 52.2. The Labute approximate surface area is 235 Å². The zero-order chi connectivity index (χ0) is 29.3. The molecular formula is C28H20N4O8S. The van der Waals surface area contributed by atoms with Crippen molar-refractivity contribution in [3.8, 4) is 11.5 Å². The van der Waals surface area contributed by atoms with Crippen LogP contribution in [0.15, 0.2) is 93.9 Å². The van der Waals surface area contributed by atoms with Crippen LogP contribution >= 0.6 is 11.3 Å². The minimum atomic E-state index is -0.758. The Morgan fingerprint density at radius 2 is 1.73 bits per heavy atom. The molecule has 0 saturated carbocycles. The lowest BCUT2D eigenvalue weighted by Gasteiger charge is -2.24. The molecule has 0 aliphatic carbocycles. The van der Waals surface area contributed by atoms with Gasteiger partial charge in [-0.3, -0.25) is 29.6 Å². The van der Waals surface area contributed by atoms with Gasteiger partial charge in [0.2, 0.25) is 5.75 Å². The summed E-state index contributed by atoms with van der Waals surface area (Å²) in [6.45, 7) is 1.70. The lowest BCUT2D eigenvalue weighted by molar-refractivity contribution is -0.394. The molecule has 0 amide bonds. The lowest BCUT2D eigenvalue weighted by Crippen LogP contribution is -2.39. The number of nitro benzene ring substituents is 2. The predicted octanol–water partition coefficient (Wildman–Crippen LogP) is 4.02. The van der Waals surface area contributed by atoms with Crippen LogP contribution in [0.1, 0.15) is 24.1 Å². The van der Waals surface area contributed by atoms with E-state index in [1.54, 1.807) is 37.3 Å². The summed E-state index contributed by atoms with van der Waals surface area (Å²) in [5.41, 5.74) is 0.805. The summed E-state index contributed by atoms with van der Waals surface area (Å²) >= 11 is 1.18. The summed E-state index contributed by atoms with van der Waals surface area (Å²) in [5.74, 6) is -0.472. The summed E-state index contributed by atoms with van der Waals surface area (Å²) in [7, 11) is 1.28. The topological polar surface area (TPSA) is 156 Å². The molecule has 13 heteroatoms. The number of hydrogen-bond acceptors (Lipinski definition) is 10. The molecule has 4 aromatic rings. The molecule has 0 N–H and O–H groups in total. The summed E-state index contributed by atoms with van der Waals surface area (Å²) in [6.07, 6.45) is 1.67. The van der Waals surface area contributed by atoms with Gasteiger partial charge in [-0.2, -0.15) is 0 Å². The van der Waals surface area contributed by atoms with Gasteiger partial charge in [-0.15, -0.1) is 0 Å². The number of benzene rings is 3. The lowest BCUT2D eigenvalue weighted by atomic mass is 9.96. The normalized spacial score (nSPS) is 14.7. The number of nitrogens with zero attached hydrogens (tertiary/aromatic N) is 4. The van der Waals surface area contributed by atoms with Crippen LogP contribution in [0.2, 0.25) is 0 Å². The van der Waals surface area contributed by atoms with Crippen molar-refractivity contribution in [2.75, 3.05) is 7.11 Å². The number of aromatic nitrogens is 1. The number of esters is 1. The Morgan fingerprint density at radius 3 is 2.37 bits per heavy atom. The van der Waals surface area contributed by atoms with Gasteiger partial charge in [-0.05, 0) is 42.3 Å². The number of nitro groups is 2. The maximum atomic E-state index is 13.6. The Kier molecular flexibility index (Phi) is 7.27. The van der Waals surface area contributed by atoms with E-state index in [0.29, 0.717) is 20.6 Å². The van der Waals surface area contributed by atoms with Crippen LogP contribution in [0.5, 0.6) is 11.5 Å². The van der Waals surface area contributed by atoms with Crippen molar-refractivity contribution in [1.29, 1.82) is 0 Å². The number of methoxy groups -OCH3 is 1. The van der Waals surface area contributed by atoms with E-state index in [-0.39, 0.29) is 22.6 Å². The van der Waals surface area contributed by atoms with Gasteiger partial charge in [0.25, 0.3) is 11.2 Å². The van der Waals surface area contributed by atoms with Gasteiger partial charge < -0.3 is 9.47 Å². The van der Waals surface area contributed by atoms with E-state index >= 15 is 0 Å². The zero-order valence-electron chi connectivity index (χ0n) is 21.5. The largest absolute Gasteiger partial charge is 0.466 e. The first-order chi connectivity index (χ1) is 19.7. The average Bonchev–Trinajstić information content (AvgIpc) is 3.27. The molecule has 1 atom stereocenters. The van der Waals surface area contributed by atoms with Crippen LogP contribution in [-0.2, 0) is 9.53 Å². The molecule has 5 rings (SSSR count). The third-order valence-corrected chi connectivity index (χ3v) is 7.28. The molecule has 1 aromatic heterocycles. The fourth-order valence-electron chi connectivity index (χ4n) is 4.40. The molecule has 0 spiro atoms. The molecule has 1 aliphatic rings. The molecule has 1 aliphatic heterocycles. The maximum absolute atomic E-state index is 13.6. The van der Waals surface area contributed by atoms with Crippen LogP contribution < -0.4 is 19.6 Å². The van der Waals surface area contributed by atoms with Gasteiger partial charge in [0.15, 0.2) is 4.80 Å². The fraction of sp³-hybridized carbons (Fsp3) is 0.107. The second-order valence-electron chi connectivity index (χ2n) is 8.82. The highest BCUT2D eigenvalue weighted by atomic mass is 32.1. The van der Waals surface area contributed by atoms with E-state index in [9.17, 15) is 29.8 Å². The minimum Gasteiger partial charge on any atom is -0.466 e. The molecule has 0 fully saturated rings. The number of ether oxygens (including phenoxy) is 2. The monoisotopic (exact) mass is 572 g/mol. The van der Waals surface area contributed by atoms with Crippen molar-refractivity contribution >= 4 is 34.8 Å². The van der Waals surface area contributed by atoms with Gasteiger partial charge in [-0.1, -0.05) is 53.8 Å². The Bertz CT molecular complexity index is 1910. The van der Waals surface area contributed by atoms with Crippen molar-refractivity contribution in [3.63, 3.8) is 0 Å². The van der Waals surface area contributed by atoms with E-state index in [2.05, 4.69) is 4.99 Å². The van der Waals surface area contributed by atoms with Crippen LogP contribution in [0.4, 0.5) is 11.4 Å². The number of hydrogen-bond donors (Lipinski definition) is 0. The molecular weight excluding hydrogens is 552 g/mol. The molecule has 0 radical (unpaired) electrons. The minimum absolute atomic E-state index is 0.153. The van der Waals surface area contributed by atoms with E-state index < -0.39 is 33.2 Å². The predicted molar refractivity (Wildman–Crippen MR) is 148 cm³/mol. The van der Waals surface area contributed by atoms with Crippen LogP contribution in [0.25, 0.3) is 6.08 Å². The Hall–Kier alpha value is -5.43. The van der Waals surface area contributed by atoms with Crippen molar-refractivity contribution in [2.24, 2.45) is 4.99 Å². The molecule has 41 heavy (non-hydrogen) atoms. The number of carbonyl (C=O) groups is 1. The van der Waals surface area contributed by atoms with E-state index in [1.165, 1.54) is 29.1 Å². The number of non-ortho nitro benzene ring substituents is 1. The third kappa shape index (κ3) is 5.25. The first-order valence-corrected chi connectivity index (χ1v) is 12.9. The summed E-state index contributed by atoms with van der Waals surface area (Å²) in [5, 5.41) is 22.4. The second kappa shape index (κ2) is 11.0. The summed E-state index contributed by atoms with van der Waals surface area (Å²) in [6, 6.07) is 18.0. The van der Waals surface area contributed by atoms with Gasteiger partial charge in [-0.25, -0.2) is 9.79 Å². The number of fused-ring (bicyclic) bond motifs is 1. The fourth-order valence-corrected chi connectivity index (χ4v) is 5.45. The highest BCUT2D eigenvalue weighted by molar-refractivity contribution is 7.07. The van der Waals surface area contributed by atoms with Crippen LogP contribution in [-0.4, -0.2) is 27.5 Å². The first kappa shape index (κ1) is 27.1. The van der Waals surface area contributed by atoms with Crippen LogP contribution in [0, 0.1) is 20.2 Å². The third-order valence-electron chi connectivity index (χ3n) is 6.30.